The molecular weight excluding hydrogens is 378 g/mol. The molecule has 0 radical (unpaired) electrons. The van der Waals surface area contributed by atoms with Gasteiger partial charge >= 0.3 is 0 Å². The third-order valence-corrected chi connectivity index (χ3v) is 8.18. The normalized spacial score (nSPS) is 23.0. The molecule has 1 saturated carbocycles. The van der Waals surface area contributed by atoms with Crippen molar-refractivity contribution in [3.8, 4) is 0 Å². The topological polar surface area (TPSA) is 36.4 Å². The molecule has 0 N–H and O–H groups in total. The second-order valence-corrected chi connectivity index (χ2v) is 10.0. The van der Waals surface area contributed by atoms with Crippen LogP contribution in [-0.2, 0) is 4.79 Å². The second-order valence-electron chi connectivity index (χ2n) is 9.02. The van der Waals surface area contributed by atoms with Gasteiger partial charge in [0.1, 0.15) is 0 Å². The number of carbonyl (C=O) groups is 1. The molecule has 1 aliphatic heterocycles. The zero-order chi connectivity index (χ0) is 20.4. The van der Waals surface area contributed by atoms with Gasteiger partial charge in [-0.2, -0.15) is 0 Å². The first kappa shape index (κ1) is 20.6. The maximum absolute atomic E-state index is 13.0. The predicted molar refractivity (Wildman–Crippen MR) is 123 cm³/mol. The van der Waals surface area contributed by atoms with Crippen molar-refractivity contribution in [2.75, 3.05) is 31.1 Å². The largest absolute Gasteiger partial charge is 0.345 e. The molecule has 1 aromatic carbocycles. The number of fused-ring (bicyclic) bond motifs is 1. The molecule has 2 aromatic rings. The van der Waals surface area contributed by atoms with Gasteiger partial charge < -0.3 is 9.80 Å². The quantitative estimate of drug-likeness (QED) is 0.644. The molecule has 29 heavy (non-hydrogen) atoms. The third kappa shape index (κ3) is 4.45. The molecule has 0 bridgehead atoms. The summed E-state index contributed by atoms with van der Waals surface area (Å²) in [6.07, 6.45) is 8.69. The predicted octanol–water partition coefficient (Wildman–Crippen LogP) is 5.56. The standard InChI is InChI=1S/C24H35N3OS/c1-4-5-6-19-8-10-20(11-9-19)23(28)26-13-15-27(16-14-26)24-25-22-18(3)17(2)7-12-21(22)29-24/h7,12,19-20H,4-6,8-11,13-16H2,1-3H3. The van der Waals surface area contributed by atoms with Crippen LogP contribution in [0.15, 0.2) is 12.1 Å². The van der Waals surface area contributed by atoms with Crippen LogP contribution >= 0.6 is 11.3 Å². The average molecular weight is 414 g/mol. The first-order valence-corrected chi connectivity index (χ1v) is 12.3. The highest BCUT2D eigenvalue weighted by Crippen LogP contribution is 2.34. The number of rotatable bonds is 5. The van der Waals surface area contributed by atoms with E-state index in [4.69, 9.17) is 4.98 Å². The van der Waals surface area contributed by atoms with Crippen molar-refractivity contribution in [1.82, 2.24) is 9.88 Å². The molecule has 4 rings (SSSR count). The van der Waals surface area contributed by atoms with Gasteiger partial charge in [-0.25, -0.2) is 4.98 Å². The molecule has 1 saturated heterocycles. The van der Waals surface area contributed by atoms with Gasteiger partial charge in [0.05, 0.1) is 10.2 Å². The third-order valence-electron chi connectivity index (χ3n) is 7.10. The summed E-state index contributed by atoms with van der Waals surface area (Å²) < 4.78 is 1.27. The van der Waals surface area contributed by atoms with Crippen molar-refractivity contribution in [3.63, 3.8) is 0 Å². The maximum Gasteiger partial charge on any atom is 0.225 e. The Bertz CT molecular complexity index is 845. The van der Waals surface area contributed by atoms with Gasteiger partial charge in [-0.1, -0.05) is 43.6 Å². The summed E-state index contributed by atoms with van der Waals surface area (Å²) in [5.74, 6) is 1.55. The van der Waals surface area contributed by atoms with Crippen molar-refractivity contribution in [1.29, 1.82) is 0 Å². The lowest BCUT2D eigenvalue weighted by Gasteiger charge is -2.37. The number of unbranched alkanes of at least 4 members (excludes halogenated alkanes) is 1. The molecule has 4 nitrogen and oxygen atoms in total. The lowest BCUT2D eigenvalue weighted by atomic mass is 9.79. The van der Waals surface area contributed by atoms with Crippen LogP contribution in [0, 0.1) is 25.7 Å². The van der Waals surface area contributed by atoms with Crippen LogP contribution in [0.5, 0.6) is 0 Å². The lowest BCUT2D eigenvalue weighted by molar-refractivity contribution is -0.137. The Hall–Kier alpha value is -1.62. The number of anilines is 1. The Morgan fingerprint density at radius 2 is 1.83 bits per heavy atom. The van der Waals surface area contributed by atoms with Gasteiger partial charge in [-0.3, -0.25) is 4.79 Å². The molecule has 1 aromatic heterocycles. The fourth-order valence-corrected chi connectivity index (χ4v) is 5.99. The Balaban J connectivity index is 1.31. The van der Waals surface area contributed by atoms with Gasteiger partial charge in [-0.05, 0) is 62.6 Å². The molecule has 5 heteroatoms. The van der Waals surface area contributed by atoms with Crippen LogP contribution in [-0.4, -0.2) is 42.0 Å². The molecule has 2 fully saturated rings. The SMILES string of the molecule is CCCCC1CCC(C(=O)N2CCN(c3nc4c(C)c(C)ccc4s3)CC2)CC1. The van der Waals surface area contributed by atoms with E-state index in [0.29, 0.717) is 5.91 Å². The highest BCUT2D eigenvalue weighted by molar-refractivity contribution is 7.22. The van der Waals surface area contributed by atoms with Crippen molar-refractivity contribution < 1.29 is 4.79 Å². The molecule has 1 amide bonds. The minimum atomic E-state index is 0.271. The number of carbonyl (C=O) groups excluding carboxylic acids is 1. The minimum absolute atomic E-state index is 0.271. The van der Waals surface area contributed by atoms with E-state index in [1.165, 1.54) is 47.9 Å². The maximum atomic E-state index is 13.0. The first-order valence-electron chi connectivity index (χ1n) is 11.5. The number of amides is 1. The van der Waals surface area contributed by atoms with Crippen molar-refractivity contribution in [2.24, 2.45) is 11.8 Å². The van der Waals surface area contributed by atoms with Crippen LogP contribution < -0.4 is 4.90 Å². The summed E-state index contributed by atoms with van der Waals surface area (Å²) in [4.78, 5) is 22.5. The van der Waals surface area contributed by atoms with E-state index in [1.807, 2.05) is 0 Å². The molecular formula is C24H35N3OS. The Kier molecular flexibility index (Phi) is 6.43. The average Bonchev–Trinajstić information content (AvgIpc) is 3.20. The smallest absolute Gasteiger partial charge is 0.225 e. The monoisotopic (exact) mass is 413 g/mol. The summed E-state index contributed by atoms with van der Waals surface area (Å²) in [6, 6.07) is 4.38. The highest BCUT2D eigenvalue weighted by Gasteiger charge is 2.31. The van der Waals surface area contributed by atoms with Gasteiger partial charge in [0, 0.05) is 32.1 Å². The van der Waals surface area contributed by atoms with Crippen molar-refractivity contribution >= 4 is 32.6 Å². The van der Waals surface area contributed by atoms with E-state index in [2.05, 4.69) is 42.7 Å². The number of benzene rings is 1. The van der Waals surface area contributed by atoms with Crippen LogP contribution in [0.4, 0.5) is 5.13 Å². The number of hydrogen-bond acceptors (Lipinski definition) is 4. The van der Waals surface area contributed by atoms with Crippen LogP contribution in [0.2, 0.25) is 0 Å². The molecule has 1 aliphatic carbocycles. The van der Waals surface area contributed by atoms with Crippen molar-refractivity contribution in [2.45, 2.75) is 65.7 Å². The minimum Gasteiger partial charge on any atom is -0.345 e. The van der Waals surface area contributed by atoms with E-state index in [1.54, 1.807) is 11.3 Å². The number of aryl methyl sites for hydroxylation is 2. The number of piperazine rings is 1. The second kappa shape index (κ2) is 9.03. The highest BCUT2D eigenvalue weighted by atomic mass is 32.1. The van der Waals surface area contributed by atoms with Crippen LogP contribution in [0.25, 0.3) is 10.2 Å². The Labute approximate surface area is 179 Å². The molecule has 158 valence electrons. The fourth-order valence-electron chi connectivity index (χ4n) is 4.92. The lowest BCUT2D eigenvalue weighted by Crippen LogP contribution is -2.50. The van der Waals surface area contributed by atoms with Crippen LogP contribution in [0.3, 0.4) is 0 Å². The van der Waals surface area contributed by atoms with E-state index in [-0.39, 0.29) is 5.92 Å². The number of thiazole rings is 1. The van der Waals surface area contributed by atoms with E-state index < -0.39 is 0 Å². The van der Waals surface area contributed by atoms with Crippen LogP contribution in [0.1, 0.15) is 63.0 Å². The fraction of sp³-hybridized carbons (Fsp3) is 0.667. The van der Waals surface area contributed by atoms with E-state index in [9.17, 15) is 4.79 Å². The zero-order valence-corrected chi connectivity index (χ0v) is 19.1. The molecule has 2 aliphatic rings. The summed E-state index contributed by atoms with van der Waals surface area (Å²) in [6.45, 7) is 10.0. The Morgan fingerprint density at radius 1 is 1.10 bits per heavy atom. The van der Waals surface area contributed by atoms with Gasteiger partial charge in [-0.15, -0.1) is 0 Å². The van der Waals surface area contributed by atoms with E-state index in [0.717, 1.165) is 55.6 Å². The number of nitrogens with zero attached hydrogens (tertiary/aromatic N) is 3. The summed E-state index contributed by atoms with van der Waals surface area (Å²) >= 11 is 1.78. The summed E-state index contributed by atoms with van der Waals surface area (Å²) in [5.41, 5.74) is 3.73. The van der Waals surface area contributed by atoms with Crippen molar-refractivity contribution in [3.05, 3.63) is 23.3 Å². The number of aromatic nitrogens is 1. The Morgan fingerprint density at radius 3 is 2.52 bits per heavy atom. The zero-order valence-electron chi connectivity index (χ0n) is 18.2. The summed E-state index contributed by atoms with van der Waals surface area (Å²) in [5, 5.41) is 1.11. The van der Waals surface area contributed by atoms with Gasteiger partial charge in [0.2, 0.25) is 5.91 Å². The summed E-state index contributed by atoms with van der Waals surface area (Å²) in [7, 11) is 0. The van der Waals surface area contributed by atoms with E-state index >= 15 is 0 Å². The molecule has 0 spiro atoms. The first-order chi connectivity index (χ1) is 14.1. The van der Waals surface area contributed by atoms with Gasteiger partial charge in [0.15, 0.2) is 5.13 Å². The van der Waals surface area contributed by atoms with Gasteiger partial charge in [0.25, 0.3) is 0 Å². The molecule has 0 atom stereocenters. The molecule has 2 heterocycles. The molecule has 0 unspecified atom stereocenters. The number of hydrogen-bond donors (Lipinski definition) is 0.